The van der Waals surface area contributed by atoms with Crippen molar-refractivity contribution in [2.75, 3.05) is 0 Å². The second-order valence-corrected chi connectivity index (χ2v) is 17.5. The van der Waals surface area contributed by atoms with Crippen molar-refractivity contribution in [1.29, 1.82) is 0 Å². The number of hydrogen-bond donors (Lipinski definition) is 0. The highest BCUT2D eigenvalue weighted by Crippen LogP contribution is 2.50. The summed E-state index contributed by atoms with van der Waals surface area (Å²) in [6, 6.07) is 76.3. The molecule has 0 bridgehead atoms. The SMILES string of the molecule is C1=C(c2cccc(-c3c4ccccc4c(-c4cccc(-c5ccc(-c6ccccc6)s5)c4)c4ccc(-c5ccc6ccccc6c5)cc34)c2)SC(c2ccccc2)C1. The number of thiophene rings is 1. The fourth-order valence-corrected chi connectivity index (χ4v) is 11.0. The van der Waals surface area contributed by atoms with E-state index in [1.54, 1.807) is 0 Å². The summed E-state index contributed by atoms with van der Waals surface area (Å²) < 4.78 is 0. The van der Waals surface area contributed by atoms with Crippen molar-refractivity contribution in [3.05, 3.63) is 223 Å². The molecule has 1 aliphatic rings. The molecular formula is C56H38S2. The maximum Gasteiger partial charge on any atom is 0.0379 e. The van der Waals surface area contributed by atoms with Crippen LogP contribution in [0.5, 0.6) is 0 Å². The Labute approximate surface area is 347 Å². The van der Waals surface area contributed by atoms with Crippen LogP contribution in [0.1, 0.15) is 22.8 Å². The van der Waals surface area contributed by atoms with E-state index in [4.69, 9.17) is 0 Å². The average molecular weight is 775 g/mol. The number of rotatable bonds is 7. The number of allylic oxidation sites excluding steroid dienone is 1. The summed E-state index contributed by atoms with van der Waals surface area (Å²) in [6.07, 6.45) is 3.48. The summed E-state index contributed by atoms with van der Waals surface area (Å²) in [7, 11) is 0. The zero-order chi connectivity index (χ0) is 38.4. The van der Waals surface area contributed by atoms with Gasteiger partial charge in [0.05, 0.1) is 0 Å². The predicted molar refractivity (Wildman–Crippen MR) is 253 cm³/mol. The smallest absolute Gasteiger partial charge is 0.0379 e. The first-order valence-electron chi connectivity index (χ1n) is 20.0. The van der Waals surface area contributed by atoms with E-state index in [1.165, 1.54) is 103 Å². The molecule has 1 unspecified atom stereocenters. The lowest BCUT2D eigenvalue weighted by Gasteiger charge is -2.20. The Morgan fingerprint density at radius 2 is 0.897 bits per heavy atom. The van der Waals surface area contributed by atoms with Crippen LogP contribution in [-0.2, 0) is 0 Å². The Morgan fingerprint density at radius 3 is 1.67 bits per heavy atom. The van der Waals surface area contributed by atoms with Gasteiger partial charge in [-0.3, -0.25) is 0 Å². The van der Waals surface area contributed by atoms with Crippen molar-refractivity contribution in [2.45, 2.75) is 11.7 Å². The predicted octanol–water partition coefficient (Wildman–Crippen LogP) is 16.8. The highest BCUT2D eigenvalue weighted by molar-refractivity contribution is 8.08. The van der Waals surface area contributed by atoms with Gasteiger partial charge in [0.15, 0.2) is 0 Å². The van der Waals surface area contributed by atoms with Crippen molar-refractivity contribution in [3.63, 3.8) is 0 Å². The molecule has 2 heteroatoms. The first kappa shape index (κ1) is 34.8. The molecule has 274 valence electrons. The summed E-state index contributed by atoms with van der Waals surface area (Å²) in [5, 5.41) is 8.01. The molecule has 0 nitrogen and oxygen atoms in total. The minimum absolute atomic E-state index is 0.445. The topological polar surface area (TPSA) is 0 Å². The number of thioether (sulfide) groups is 1. The van der Waals surface area contributed by atoms with Crippen LogP contribution in [0, 0.1) is 0 Å². The Morgan fingerprint density at radius 1 is 0.345 bits per heavy atom. The molecule has 0 spiro atoms. The van der Waals surface area contributed by atoms with Gasteiger partial charge in [-0.15, -0.1) is 23.1 Å². The summed E-state index contributed by atoms with van der Waals surface area (Å²) in [6.45, 7) is 0. The zero-order valence-corrected chi connectivity index (χ0v) is 33.4. The van der Waals surface area contributed by atoms with Crippen LogP contribution in [0.15, 0.2) is 212 Å². The average Bonchev–Trinajstić information content (AvgIpc) is 4.01. The van der Waals surface area contributed by atoms with E-state index < -0.39 is 0 Å². The van der Waals surface area contributed by atoms with Crippen molar-refractivity contribution >= 4 is 60.3 Å². The fraction of sp³-hybridized carbons (Fsp3) is 0.0357. The van der Waals surface area contributed by atoms with E-state index in [1.807, 2.05) is 23.1 Å². The van der Waals surface area contributed by atoms with Gasteiger partial charge in [0.1, 0.15) is 0 Å². The molecule has 1 aromatic heterocycles. The molecule has 9 aromatic carbocycles. The Hall–Kier alpha value is -6.45. The van der Waals surface area contributed by atoms with E-state index >= 15 is 0 Å². The number of benzene rings is 9. The molecule has 11 rings (SSSR count). The summed E-state index contributed by atoms with van der Waals surface area (Å²) in [5.41, 5.74) is 12.6. The monoisotopic (exact) mass is 774 g/mol. The van der Waals surface area contributed by atoms with Crippen molar-refractivity contribution < 1.29 is 0 Å². The summed E-state index contributed by atoms with van der Waals surface area (Å²) in [5.74, 6) is 0. The zero-order valence-electron chi connectivity index (χ0n) is 31.8. The van der Waals surface area contributed by atoms with Gasteiger partial charge < -0.3 is 0 Å². The highest BCUT2D eigenvalue weighted by Gasteiger charge is 2.23. The van der Waals surface area contributed by atoms with Gasteiger partial charge in [0, 0.05) is 19.9 Å². The third kappa shape index (κ3) is 6.36. The Balaban J connectivity index is 1.09. The van der Waals surface area contributed by atoms with Gasteiger partial charge in [-0.1, -0.05) is 176 Å². The number of hydrogen-bond acceptors (Lipinski definition) is 2. The Bertz CT molecular complexity index is 3170. The van der Waals surface area contributed by atoms with Gasteiger partial charge in [0.25, 0.3) is 0 Å². The molecule has 10 aromatic rings. The maximum absolute atomic E-state index is 2.45. The van der Waals surface area contributed by atoms with Crippen LogP contribution < -0.4 is 0 Å². The van der Waals surface area contributed by atoms with Gasteiger partial charge in [0.2, 0.25) is 0 Å². The summed E-state index contributed by atoms with van der Waals surface area (Å²) >= 11 is 3.84. The largest absolute Gasteiger partial charge is 0.135 e. The van der Waals surface area contributed by atoms with E-state index in [0.717, 1.165) is 6.42 Å². The molecule has 0 N–H and O–H groups in total. The molecular weight excluding hydrogens is 737 g/mol. The number of fused-ring (bicyclic) bond motifs is 3. The van der Waals surface area contributed by atoms with Crippen molar-refractivity contribution in [2.24, 2.45) is 0 Å². The first-order valence-corrected chi connectivity index (χ1v) is 21.7. The van der Waals surface area contributed by atoms with Crippen molar-refractivity contribution in [3.8, 4) is 54.3 Å². The molecule has 1 aliphatic heterocycles. The Kier molecular flexibility index (Phi) is 8.88. The highest BCUT2D eigenvalue weighted by atomic mass is 32.2. The van der Waals surface area contributed by atoms with E-state index in [-0.39, 0.29) is 0 Å². The third-order valence-electron chi connectivity index (χ3n) is 11.6. The van der Waals surface area contributed by atoms with Crippen LogP contribution in [0.3, 0.4) is 0 Å². The van der Waals surface area contributed by atoms with E-state index in [0.29, 0.717) is 5.25 Å². The molecule has 0 aliphatic carbocycles. The van der Waals surface area contributed by atoms with Crippen LogP contribution in [0.2, 0.25) is 0 Å². The first-order chi connectivity index (χ1) is 28.7. The van der Waals surface area contributed by atoms with Gasteiger partial charge in [-0.05, 0) is 131 Å². The van der Waals surface area contributed by atoms with Gasteiger partial charge in [-0.25, -0.2) is 0 Å². The normalized spacial score (nSPS) is 14.0. The standard InChI is InChI=1S/C56H38S2/c1-3-14-38(15-4-1)51-29-31-53(57-51)43-19-11-21-45(34-43)55-47-23-9-10-24-48(47)56(46-22-12-20-44(35-46)54-32-30-52(58-54)39-16-5-2-6-17-39)50-36-42(27-28-49(50)55)41-26-25-37-13-7-8-18-40(37)33-41/h1-29,31-36,52H,30H2. The van der Waals surface area contributed by atoms with Crippen LogP contribution >= 0.6 is 23.1 Å². The molecule has 1 atom stereocenters. The van der Waals surface area contributed by atoms with Crippen LogP contribution in [-0.4, -0.2) is 0 Å². The maximum atomic E-state index is 2.45. The lowest BCUT2D eigenvalue weighted by atomic mass is 9.84. The minimum atomic E-state index is 0.445. The van der Waals surface area contributed by atoms with Crippen molar-refractivity contribution in [1.82, 2.24) is 0 Å². The quantitative estimate of drug-likeness (QED) is 0.145. The molecule has 58 heavy (non-hydrogen) atoms. The van der Waals surface area contributed by atoms with Gasteiger partial charge in [-0.2, -0.15) is 0 Å². The lowest BCUT2D eigenvalue weighted by molar-refractivity contribution is 0.991. The summed E-state index contributed by atoms with van der Waals surface area (Å²) in [4.78, 5) is 3.92. The molecule has 0 radical (unpaired) electrons. The van der Waals surface area contributed by atoms with E-state index in [9.17, 15) is 0 Å². The second kappa shape index (κ2) is 14.8. The van der Waals surface area contributed by atoms with E-state index in [2.05, 4.69) is 212 Å². The van der Waals surface area contributed by atoms with Crippen LogP contribution in [0.4, 0.5) is 0 Å². The molecule has 0 fully saturated rings. The molecule has 2 heterocycles. The molecule has 0 amide bonds. The minimum Gasteiger partial charge on any atom is -0.135 e. The molecule has 0 saturated carbocycles. The second-order valence-electron chi connectivity index (χ2n) is 15.1. The fourth-order valence-electron chi connectivity index (χ4n) is 8.78. The van der Waals surface area contributed by atoms with Gasteiger partial charge >= 0.3 is 0 Å². The third-order valence-corrected chi connectivity index (χ3v) is 14.2. The van der Waals surface area contributed by atoms with Crippen LogP contribution in [0.25, 0.3) is 91.5 Å². The lowest BCUT2D eigenvalue weighted by Crippen LogP contribution is -1.93. The molecule has 0 saturated heterocycles.